The van der Waals surface area contributed by atoms with Gasteiger partial charge in [0.2, 0.25) is 0 Å². The van der Waals surface area contributed by atoms with Gasteiger partial charge in [-0.3, -0.25) is 14.2 Å². The normalized spacial score (nSPS) is 14.7. The number of nitrogens with zero attached hydrogens (tertiary/aromatic N) is 4. The van der Waals surface area contributed by atoms with Crippen molar-refractivity contribution < 1.29 is 4.79 Å². The molecule has 3 aromatic heterocycles. The zero-order valence-corrected chi connectivity index (χ0v) is 14.7. The van der Waals surface area contributed by atoms with Crippen LogP contribution in [0, 0.1) is 12.8 Å². The second-order valence-corrected chi connectivity index (χ2v) is 7.21. The standard InChI is InChI=1S/C19H21N5O/c1-12-21-16(13-5-4-9-20-11-13)22-17-15(8-10-24(12)17)18(25)23-19(2,3)14-6-7-14/h4-5,8-11,14H,6-7H2,1-3H3,(H,23,25). The summed E-state index contributed by atoms with van der Waals surface area (Å²) < 4.78 is 1.85. The molecule has 1 fully saturated rings. The number of hydrogen-bond donors (Lipinski definition) is 1. The summed E-state index contributed by atoms with van der Waals surface area (Å²) in [6, 6.07) is 5.57. The Kier molecular flexibility index (Phi) is 3.56. The summed E-state index contributed by atoms with van der Waals surface area (Å²) in [5.41, 5.74) is 1.83. The third-order valence-electron chi connectivity index (χ3n) is 4.89. The molecule has 0 radical (unpaired) electrons. The van der Waals surface area contributed by atoms with Crippen LogP contribution in [0.15, 0.2) is 36.8 Å². The summed E-state index contributed by atoms with van der Waals surface area (Å²) in [6.07, 6.45) is 7.64. The SMILES string of the molecule is Cc1nc(-c2cccnc2)nc2c(C(=O)NC(C)(C)C3CC3)ccn12. The van der Waals surface area contributed by atoms with Crippen molar-refractivity contribution in [1.82, 2.24) is 24.7 Å². The fourth-order valence-corrected chi connectivity index (χ4v) is 3.20. The summed E-state index contributed by atoms with van der Waals surface area (Å²) in [7, 11) is 0. The van der Waals surface area contributed by atoms with Gasteiger partial charge in [0.15, 0.2) is 11.5 Å². The minimum absolute atomic E-state index is 0.0883. The van der Waals surface area contributed by atoms with Crippen molar-refractivity contribution in [3.8, 4) is 11.4 Å². The molecule has 0 aromatic carbocycles. The zero-order valence-electron chi connectivity index (χ0n) is 14.7. The molecular weight excluding hydrogens is 314 g/mol. The number of carbonyl (C=O) groups is 1. The first-order valence-corrected chi connectivity index (χ1v) is 8.54. The second kappa shape index (κ2) is 5.65. The van der Waals surface area contributed by atoms with Crippen molar-refractivity contribution in [1.29, 1.82) is 0 Å². The Morgan fingerprint density at radius 1 is 1.28 bits per heavy atom. The molecule has 1 aliphatic carbocycles. The lowest BCUT2D eigenvalue weighted by Crippen LogP contribution is -2.45. The van der Waals surface area contributed by atoms with Gasteiger partial charge in [-0.05, 0) is 57.7 Å². The highest BCUT2D eigenvalue weighted by Gasteiger charge is 2.39. The van der Waals surface area contributed by atoms with Crippen LogP contribution in [0.3, 0.4) is 0 Å². The van der Waals surface area contributed by atoms with Crippen molar-refractivity contribution in [3.05, 3.63) is 48.2 Å². The summed E-state index contributed by atoms with van der Waals surface area (Å²) in [6.45, 7) is 6.08. The molecule has 0 saturated heterocycles. The predicted octanol–water partition coefficient (Wildman–Crippen LogP) is 3.02. The number of amides is 1. The first kappa shape index (κ1) is 15.7. The number of hydrogen-bond acceptors (Lipinski definition) is 4. The fourth-order valence-electron chi connectivity index (χ4n) is 3.20. The monoisotopic (exact) mass is 335 g/mol. The summed E-state index contributed by atoms with van der Waals surface area (Å²) >= 11 is 0. The Morgan fingerprint density at radius 3 is 2.76 bits per heavy atom. The van der Waals surface area contributed by atoms with Crippen LogP contribution >= 0.6 is 0 Å². The molecule has 4 rings (SSSR count). The maximum Gasteiger partial charge on any atom is 0.255 e. The van der Waals surface area contributed by atoms with Gasteiger partial charge in [-0.1, -0.05) is 0 Å². The first-order valence-electron chi connectivity index (χ1n) is 8.54. The lowest BCUT2D eigenvalue weighted by molar-refractivity contribution is 0.0905. The molecule has 25 heavy (non-hydrogen) atoms. The van der Waals surface area contributed by atoms with Gasteiger partial charge < -0.3 is 5.32 Å². The molecule has 1 N–H and O–H groups in total. The average molecular weight is 335 g/mol. The zero-order chi connectivity index (χ0) is 17.6. The van der Waals surface area contributed by atoms with Crippen LogP contribution in [0.25, 0.3) is 17.0 Å². The van der Waals surface area contributed by atoms with Crippen molar-refractivity contribution in [3.63, 3.8) is 0 Å². The topological polar surface area (TPSA) is 72.2 Å². The molecule has 1 saturated carbocycles. The molecule has 6 heteroatoms. The molecule has 3 aromatic rings. The highest BCUT2D eigenvalue weighted by molar-refractivity contribution is 6.00. The van der Waals surface area contributed by atoms with E-state index in [2.05, 4.69) is 34.1 Å². The van der Waals surface area contributed by atoms with Gasteiger partial charge in [-0.25, -0.2) is 9.97 Å². The van der Waals surface area contributed by atoms with Crippen LogP contribution < -0.4 is 5.32 Å². The number of fused-ring (bicyclic) bond motifs is 1. The largest absolute Gasteiger partial charge is 0.347 e. The van der Waals surface area contributed by atoms with E-state index in [-0.39, 0.29) is 11.4 Å². The minimum atomic E-state index is -0.195. The van der Waals surface area contributed by atoms with E-state index in [1.54, 1.807) is 12.4 Å². The molecule has 1 aliphatic rings. The van der Waals surface area contributed by atoms with Crippen LogP contribution in [0.4, 0.5) is 0 Å². The van der Waals surface area contributed by atoms with E-state index in [0.717, 1.165) is 11.4 Å². The molecule has 0 atom stereocenters. The smallest absolute Gasteiger partial charge is 0.255 e. The fraction of sp³-hybridized carbons (Fsp3) is 0.368. The number of aryl methyl sites for hydroxylation is 1. The van der Waals surface area contributed by atoms with Crippen LogP contribution in [-0.2, 0) is 0 Å². The van der Waals surface area contributed by atoms with E-state index in [1.807, 2.05) is 35.7 Å². The van der Waals surface area contributed by atoms with Crippen molar-refractivity contribution in [2.45, 2.75) is 39.2 Å². The van der Waals surface area contributed by atoms with Gasteiger partial charge in [0.25, 0.3) is 5.91 Å². The quantitative estimate of drug-likeness (QED) is 0.795. The number of nitrogens with one attached hydrogen (secondary N) is 1. The summed E-state index contributed by atoms with van der Waals surface area (Å²) in [5, 5.41) is 3.17. The Morgan fingerprint density at radius 2 is 2.08 bits per heavy atom. The van der Waals surface area contributed by atoms with E-state index in [9.17, 15) is 4.79 Å². The van der Waals surface area contributed by atoms with E-state index < -0.39 is 0 Å². The van der Waals surface area contributed by atoms with E-state index >= 15 is 0 Å². The van der Waals surface area contributed by atoms with Crippen molar-refractivity contribution >= 4 is 11.6 Å². The third kappa shape index (κ3) is 2.88. The van der Waals surface area contributed by atoms with Crippen LogP contribution in [0.5, 0.6) is 0 Å². The van der Waals surface area contributed by atoms with Crippen LogP contribution in [-0.4, -0.2) is 30.8 Å². The Balaban J connectivity index is 1.75. The molecule has 0 aliphatic heterocycles. The molecule has 0 bridgehead atoms. The number of pyridine rings is 1. The average Bonchev–Trinajstić information content (AvgIpc) is 3.36. The third-order valence-corrected chi connectivity index (χ3v) is 4.89. The van der Waals surface area contributed by atoms with Gasteiger partial charge in [0, 0.05) is 29.7 Å². The Hall–Kier alpha value is -2.76. The maximum absolute atomic E-state index is 12.8. The van der Waals surface area contributed by atoms with Gasteiger partial charge in [0.05, 0.1) is 5.56 Å². The van der Waals surface area contributed by atoms with Gasteiger partial charge in [-0.15, -0.1) is 0 Å². The molecular formula is C19H21N5O. The predicted molar refractivity (Wildman–Crippen MR) is 95.2 cm³/mol. The molecule has 6 nitrogen and oxygen atoms in total. The lowest BCUT2D eigenvalue weighted by Gasteiger charge is -2.25. The van der Waals surface area contributed by atoms with Crippen LogP contribution in [0.2, 0.25) is 0 Å². The summed E-state index contributed by atoms with van der Waals surface area (Å²) in [5.74, 6) is 1.83. The molecule has 3 heterocycles. The number of aromatic nitrogens is 4. The van der Waals surface area contributed by atoms with Crippen molar-refractivity contribution in [2.24, 2.45) is 5.92 Å². The van der Waals surface area contributed by atoms with Crippen molar-refractivity contribution in [2.75, 3.05) is 0 Å². The van der Waals surface area contributed by atoms with E-state index in [0.29, 0.717) is 23.0 Å². The lowest BCUT2D eigenvalue weighted by atomic mass is 9.98. The van der Waals surface area contributed by atoms with E-state index in [1.165, 1.54) is 12.8 Å². The number of rotatable bonds is 4. The highest BCUT2D eigenvalue weighted by Crippen LogP contribution is 2.39. The number of carbonyl (C=O) groups excluding carboxylic acids is 1. The molecule has 1 amide bonds. The Bertz CT molecular complexity index is 941. The van der Waals surface area contributed by atoms with Gasteiger partial charge in [0.1, 0.15) is 5.82 Å². The maximum atomic E-state index is 12.8. The minimum Gasteiger partial charge on any atom is -0.347 e. The van der Waals surface area contributed by atoms with Gasteiger partial charge in [-0.2, -0.15) is 0 Å². The molecule has 0 spiro atoms. The second-order valence-electron chi connectivity index (χ2n) is 7.21. The van der Waals surface area contributed by atoms with Crippen LogP contribution in [0.1, 0.15) is 42.9 Å². The van der Waals surface area contributed by atoms with E-state index in [4.69, 9.17) is 0 Å². The highest BCUT2D eigenvalue weighted by atomic mass is 16.1. The Labute approximate surface area is 146 Å². The first-order chi connectivity index (χ1) is 12.0. The van der Waals surface area contributed by atoms with Gasteiger partial charge >= 0.3 is 0 Å². The summed E-state index contributed by atoms with van der Waals surface area (Å²) in [4.78, 5) is 26.1. The molecule has 128 valence electrons. The molecule has 0 unspecified atom stereocenters.